The van der Waals surface area contributed by atoms with E-state index in [1.807, 2.05) is 6.92 Å². The second-order valence-corrected chi connectivity index (χ2v) is 5.00. The summed E-state index contributed by atoms with van der Waals surface area (Å²) in [6, 6.07) is 4.67. The average Bonchev–Trinajstić information content (AvgIpc) is 2.39. The first-order valence-electron chi connectivity index (χ1n) is 5.97. The first-order valence-corrected chi connectivity index (χ1v) is 6.72. The van der Waals surface area contributed by atoms with E-state index in [1.54, 1.807) is 19.2 Å². The largest absolute Gasteiger partial charge is 0.338 e. The molecule has 0 saturated heterocycles. The maximum Gasteiger partial charge on any atom is 0.313 e. The van der Waals surface area contributed by atoms with Gasteiger partial charge < -0.3 is 10.2 Å². The van der Waals surface area contributed by atoms with Crippen molar-refractivity contribution in [3.63, 3.8) is 0 Å². The monoisotopic (exact) mass is 302 g/mol. The molecular formula is C13H16Cl2N2O2. The normalized spacial score (nSPS) is 10.1. The van der Waals surface area contributed by atoms with E-state index in [1.165, 1.54) is 11.0 Å². The molecule has 1 aromatic rings. The van der Waals surface area contributed by atoms with Gasteiger partial charge in [0.05, 0.1) is 10.7 Å². The molecule has 2 amide bonds. The van der Waals surface area contributed by atoms with Crippen LogP contribution in [0.4, 0.5) is 5.69 Å². The van der Waals surface area contributed by atoms with Crippen LogP contribution in [0, 0.1) is 0 Å². The van der Waals surface area contributed by atoms with Gasteiger partial charge in [-0.1, -0.05) is 36.5 Å². The van der Waals surface area contributed by atoms with Crippen molar-refractivity contribution in [2.75, 3.05) is 18.9 Å². The van der Waals surface area contributed by atoms with Gasteiger partial charge in [-0.25, -0.2) is 0 Å². The Morgan fingerprint density at radius 2 is 2.00 bits per heavy atom. The number of hydrogen-bond acceptors (Lipinski definition) is 2. The molecule has 6 heteroatoms. The maximum absolute atomic E-state index is 11.8. The SMILES string of the molecule is CCCCN(C)C(=O)C(=O)Nc1cc(Cl)ccc1Cl. The van der Waals surface area contributed by atoms with Crippen LogP contribution in [0.5, 0.6) is 0 Å². The summed E-state index contributed by atoms with van der Waals surface area (Å²) < 4.78 is 0. The molecule has 1 rings (SSSR count). The number of halogens is 2. The minimum absolute atomic E-state index is 0.330. The van der Waals surface area contributed by atoms with E-state index in [-0.39, 0.29) is 0 Å². The third kappa shape index (κ3) is 4.73. The number of likely N-dealkylation sites (N-methyl/N-ethyl adjacent to an activating group) is 1. The molecule has 4 nitrogen and oxygen atoms in total. The van der Waals surface area contributed by atoms with Crippen molar-refractivity contribution in [3.05, 3.63) is 28.2 Å². The molecule has 0 heterocycles. The fraction of sp³-hybridized carbons (Fsp3) is 0.385. The van der Waals surface area contributed by atoms with Crippen LogP contribution in [0.25, 0.3) is 0 Å². The third-order valence-corrected chi connectivity index (χ3v) is 3.13. The summed E-state index contributed by atoms with van der Waals surface area (Å²) in [5, 5.41) is 3.23. The fourth-order valence-corrected chi connectivity index (χ4v) is 1.78. The highest BCUT2D eigenvalue weighted by Gasteiger charge is 2.19. The van der Waals surface area contributed by atoms with E-state index in [0.29, 0.717) is 22.3 Å². The topological polar surface area (TPSA) is 49.4 Å². The van der Waals surface area contributed by atoms with Crippen LogP contribution in [0.3, 0.4) is 0 Å². The smallest absolute Gasteiger partial charge is 0.313 e. The highest BCUT2D eigenvalue weighted by Crippen LogP contribution is 2.25. The minimum Gasteiger partial charge on any atom is -0.338 e. The van der Waals surface area contributed by atoms with E-state index in [9.17, 15) is 9.59 Å². The second-order valence-electron chi connectivity index (χ2n) is 4.16. The lowest BCUT2D eigenvalue weighted by Gasteiger charge is -2.16. The molecule has 1 aromatic carbocycles. The van der Waals surface area contributed by atoms with Gasteiger partial charge >= 0.3 is 11.8 Å². The molecule has 0 unspecified atom stereocenters. The van der Waals surface area contributed by atoms with Crippen LogP contribution in [0.15, 0.2) is 18.2 Å². The number of unbranched alkanes of at least 4 members (excludes halogenated alkanes) is 1. The van der Waals surface area contributed by atoms with Crippen LogP contribution in [-0.2, 0) is 9.59 Å². The zero-order valence-corrected chi connectivity index (χ0v) is 12.4. The van der Waals surface area contributed by atoms with E-state index in [0.717, 1.165) is 12.8 Å². The van der Waals surface area contributed by atoms with Gasteiger partial charge in [-0.3, -0.25) is 9.59 Å². The minimum atomic E-state index is -0.720. The molecule has 0 fully saturated rings. The van der Waals surface area contributed by atoms with Gasteiger partial charge in [-0.15, -0.1) is 0 Å². The predicted octanol–water partition coefficient (Wildman–Crippen LogP) is 3.19. The van der Waals surface area contributed by atoms with Crippen LogP contribution in [-0.4, -0.2) is 30.3 Å². The Morgan fingerprint density at radius 1 is 1.32 bits per heavy atom. The molecular weight excluding hydrogens is 287 g/mol. The van der Waals surface area contributed by atoms with Gasteiger partial charge in [0.2, 0.25) is 0 Å². The summed E-state index contributed by atoms with van der Waals surface area (Å²) >= 11 is 11.7. The highest BCUT2D eigenvalue weighted by atomic mass is 35.5. The van der Waals surface area contributed by atoms with Crippen molar-refractivity contribution in [1.29, 1.82) is 0 Å². The lowest BCUT2D eigenvalue weighted by atomic mass is 10.3. The van der Waals surface area contributed by atoms with E-state index in [4.69, 9.17) is 23.2 Å². The molecule has 104 valence electrons. The molecule has 0 bridgehead atoms. The molecule has 19 heavy (non-hydrogen) atoms. The quantitative estimate of drug-likeness (QED) is 0.868. The number of carbonyl (C=O) groups is 2. The van der Waals surface area contributed by atoms with Crippen molar-refractivity contribution < 1.29 is 9.59 Å². The van der Waals surface area contributed by atoms with Gasteiger partial charge in [0.15, 0.2) is 0 Å². The molecule has 1 N–H and O–H groups in total. The first-order chi connectivity index (χ1) is 8.95. The summed E-state index contributed by atoms with van der Waals surface area (Å²) in [6.45, 7) is 2.57. The van der Waals surface area contributed by atoms with Crippen LogP contribution < -0.4 is 5.32 Å². The Kier molecular flexibility index (Phi) is 6.12. The third-order valence-electron chi connectivity index (χ3n) is 2.56. The molecule has 0 aliphatic carbocycles. The van der Waals surface area contributed by atoms with E-state index >= 15 is 0 Å². The molecule has 0 radical (unpaired) electrons. The Balaban J connectivity index is 2.68. The number of rotatable bonds is 4. The summed E-state index contributed by atoms with van der Waals surface area (Å²) in [6.07, 6.45) is 1.81. The van der Waals surface area contributed by atoms with Crippen LogP contribution in [0.1, 0.15) is 19.8 Å². The Hall–Kier alpha value is -1.26. The number of amides is 2. The van der Waals surface area contributed by atoms with Gasteiger partial charge in [0.25, 0.3) is 0 Å². The first kappa shape index (κ1) is 15.8. The van der Waals surface area contributed by atoms with E-state index < -0.39 is 11.8 Å². The number of benzene rings is 1. The van der Waals surface area contributed by atoms with Crippen molar-refractivity contribution in [1.82, 2.24) is 4.90 Å². The van der Waals surface area contributed by atoms with Crippen molar-refractivity contribution in [3.8, 4) is 0 Å². The fourth-order valence-electron chi connectivity index (χ4n) is 1.44. The molecule has 0 atom stereocenters. The maximum atomic E-state index is 11.8. The Labute approximate surface area is 122 Å². The Morgan fingerprint density at radius 3 is 2.63 bits per heavy atom. The number of hydrogen-bond donors (Lipinski definition) is 1. The highest BCUT2D eigenvalue weighted by molar-refractivity contribution is 6.41. The van der Waals surface area contributed by atoms with Gasteiger partial charge in [0.1, 0.15) is 0 Å². The standard InChI is InChI=1S/C13H16Cl2N2O2/c1-3-4-7-17(2)13(19)12(18)16-11-8-9(14)5-6-10(11)15/h5-6,8H,3-4,7H2,1-2H3,(H,16,18). The summed E-state index contributed by atoms with van der Waals surface area (Å²) in [4.78, 5) is 24.9. The molecule has 0 aromatic heterocycles. The van der Waals surface area contributed by atoms with Crippen molar-refractivity contribution >= 4 is 40.7 Å². The molecule has 0 spiro atoms. The Bertz CT molecular complexity index is 478. The molecule has 0 aliphatic heterocycles. The summed E-state index contributed by atoms with van der Waals surface area (Å²) in [7, 11) is 1.59. The lowest BCUT2D eigenvalue weighted by Crippen LogP contribution is -2.37. The van der Waals surface area contributed by atoms with E-state index in [2.05, 4.69) is 5.32 Å². The average molecular weight is 303 g/mol. The van der Waals surface area contributed by atoms with Crippen molar-refractivity contribution in [2.24, 2.45) is 0 Å². The van der Waals surface area contributed by atoms with Crippen LogP contribution in [0.2, 0.25) is 10.0 Å². The molecule has 0 saturated carbocycles. The number of nitrogens with one attached hydrogen (secondary N) is 1. The number of nitrogens with zero attached hydrogens (tertiary/aromatic N) is 1. The zero-order chi connectivity index (χ0) is 14.4. The number of anilines is 1. The van der Waals surface area contributed by atoms with Crippen LogP contribution >= 0.6 is 23.2 Å². The van der Waals surface area contributed by atoms with Gasteiger partial charge in [0, 0.05) is 18.6 Å². The lowest BCUT2D eigenvalue weighted by molar-refractivity contribution is -0.142. The molecule has 0 aliphatic rings. The zero-order valence-electron chi connectivity index (χ0n) is 10.9. The summed E-state index contributed by atoms with van der Waals surface area (Å²) in [5.41, 5.74) is 0.330. The summed E-state index contributed by atoms with van der Waals surface area (Å²) in [5.74, 6) is -1.31. The van der Waals surface area contributed by atoms with Crippen molar-refractivity contribution in [2.45, 2.75) is 19.8 Å². The van der Waals surface area contributed by atoms with Gasteiger partial charge in [-0.2, -0.15) is 0 Å². The predicted molar refractivity (Wildman–Crippen MR) is 77.6 cm³/mol. The number of carbonyl (C=O) groups excluding carboxylic acids is 2. The van der Waals surface area contributed by atoms with Gasteiger partial charge in [-0.05, 0) is 24.6 Å². The second kappa shape index (κ2) is 7.36.